The minimum absolute atomic E-state index is 0.224. The second-order valence-corrected chi connectivity index (χ2v) is 6.33. The van der Waals surface area contributed by atoms with Crippen molar-refractivity contribution in [3.8, 4) is 10.6 Å². The number of thiazole rings is 1. The molecular formula is C17H16N2O3S. The van der Waals surface area contributed by atoms with E-state index in [1.807, 2.05) is 32.0 Å². The van der Waals surface area contributed by atoms with Gasteiger partial charge >= 0.3 is 5.97 Å². The number of Topliss-reactive ketones (excluding diaryl/α,β-unsaturated/α-hetero) is 1. The van der Waals surface area contributed by atoms with Gasteiger partial charge in [-0.1, -0.05) is 12.1 Å². The minimum Gasteiger partial charge on any atom is -0.464 e. The summed E-state index contributed by atoms with van der Waals surface area (Å²) in [5.74, 6) is -0.950. The quantitative estimate of drug-likeness (QED) is 0.641. The summed E-state index contributed by atoms with van der Waals surface area (Å²) >= 11 is 1.29. The Morgan fingerprint density at radius 2 is 2.09 bits per heavy atom. The molecule has 23 heavy (non-hydrogen) atoms. The Hall–Kier alpha value is -2.34. The predicted molar refractivity (Wildman–Crippen MR) is 89.4 cm³/mol. The molecule has 0 saturated carbocycles. The number of esters is 1. The van der Waals surface area contributed by atoms with Crippen molar-refractivity contribution in [3.05, 3.63) is 39.9 Å². The van der Waals surface area contributed by atoms with Gasteiger partial charge in [0.15, 0.2) is 0 Å². The number of ketones is 1. The molecule has 0 fully saturated rings. The lowest BCUT2D eigenvalue weighted by atomic mass is 10.1. The highest BCUT2D eigenvalue weighted by Gasteiger charge is 2.34. The Bertz CT molecular complexity index is 823. The first-order chi connectivity index (χ1) is 11.0. The van der Waals surface area contributed by atoms with E-state index in [-0.39, 0.29) is 12.4 Å². The van der Waals surface area contributed by atoms with Crippen LogP contribution in [0.5, 0.6) is 0 Å². The van der Waals surface area contributed by atoms with Crippen LogP contribution in [0.25, 0.3) is 10.6 Å². The molecule has 1 aliphatic heterocycles. The number of ether oxygens (including phenoxy) is 1. The van der Waals surface area contributed by atoms with E-state index in [0.29, 0.717) is 10.6 Å². The third-order valence-electron chi connectivity index (χ3n) is 3.74. The number of fused-ring (bicyclic) bond motifs is 1. The molecule has 0 N–H and O–H groups in total. The van der Waals surface area contributed by atoms with E-state index in [2.05, 4.69) is 9.98 Å². The fourth-order valence-corrected chi connectivity index (χ4v) is 3.32. The summed E-state index contributed by atoms with van der Waals surface area (Å²) in [6.45, 7) is 6.01. The maximum absolute atomic E-state index is 12.5. The average Bonchev–Trinajstić information content (AvgIpc) is 2.95. The molecule has 1 aromatic heterocycles. The summed E-state index contributed by atoms with van der Waals surface area (Å²) < 4.78 is 4.90. The van der Waals surface area contributed by atoms with Crippen LogP contribution >= 0.6 is 11.3 Å². The number of rotatable bonds is 3. The Morgan fingerprint density at radius 3 is 2.78 bits per heavy atom. The van der Waals surface area contributed by atoms with Gasteiger partial charge in [-0.05, 0) is 38.0 Å². The maximum Gasteiger partial charge on any atom is 0.339 e. The van der Waals surface area contributed by atoms with Crippen molar-refractivity contribution < 1.29 is 14.3 Å². The van der Waals surface area contributed by atoms with E-state index in [9.17, 15) is 9.59 Å². The van der Waals surface area contributed by atoms with Gasteiger partial charge in [-0.25, -0.2) is 9.78 Å². The minimum atomic E-state index is -1.10. The fourth-order valence-electron chi connectivity index (χ4n) is 2.32. The van der Waals surface area contributed by atoms with Crippen molar-refractivity contribution in [2.24, 2.45) is 4.99 Å². The van der Waals surface area contributed by atoms with E-state index in [1.165, 1.54) is 28.7 Å². The number of hydrogen-bond donors (Lipinski definition) is 0. The van der Waals surface area contributed by atoms with Crippen LogP contribution in [0.15, 0.2) is 23.2 Å². The summed E-state index contributed by atoms with van der Waals surface area (Å²) in [6.07, 6.45) is 1.49. The van der Waals surface area contributed by atoms with Crippen LogP contribution in [-0.4, -0.2) is 35.6 Å². The van der Waals surface area contributed by atoms with Crippen molar-refractivity contribution in [2.75, 3.05) is 6.61 Å². The Balaban J connectivity index is 1.95. The molecule has 0 saturated heterocycles. The Labute approximate surface area is 138 Å². The van der Waals surface area contributed by atoms with Crippen molar-refractivity contribution >= 4 is 29.3 Å². The van der Waals surface area contributed by atoms with Crippen molar-refractivity contribution in [2.45, 2.75) is 26.8 Å². The summed E-state index contributed by atoms with van der Waals surface area (Å²) in [5.41, 5.74) is 3.85. The van der Waals surface area contributed by atoms with Gasteiger partial charge in [0.1, 0.15) is 15.6 Å². The molecule has 0 aliphatic carbocycles. The second kappa shape index (κ2) is 6.04. The maximum atomic E-state index is 12.5. The molecule has 0 radical (unpaired) electrons. The summed E-state index contributed by atoms with van der Waals surface area (Å²) in [6, 6.07) is 4.96. The zero-order valence-corrected chi connectivity index (χ0v) is 13.9. The molecule has 1 atom stereocenters. The van der Waals surface area contributed by atoms with Crippen LogP contribution in [0.3, 0.4) is 0 Å². The lowest BCUT2D eigenvalue weighted by Gasteiger charge is -2.12. The van der Waals surface area contributed by atoms with Gasteiger partial charge in [-0.15, -0.1) is 11.3 Å². The largest absolute Gasteiger partial charge is 0.464 e. The number of benzene rings is 1. The molecule has 0 bridgehead atoms. The zero-order valence-electron chi connectivity index (χ0n) is 13.1. The first-order valence-corrected chi connectivity index (χ1v) is 8.15. The van der Waals surface area contributed by atoms with E-state index in [4.69, 9.17) is 4.74 Å². The highest BCUT2D eigenvalue weighted by Crippen LogP contribution is 2.31. The van der Waals surface area contributed by atoms with Crippen LogP contribution in [0.1, 0.15) is 33.4 Å². The van der Waals surface area contributed by atoms with Gasteiger partial charge in [0, 0.05) is 5.56 Å². The number of aliphatic imine (C=N–C) groups is 1. The third-order valence-corrected chi connectivity index (χ3v) is 4.87. The van der Waals surface area contributed by atoms with E-state index >= 15 is 0 Å². The van der Waals surface area contributed by atoms with Gasteiger partial charge in [0.25, 0.3) is 0 Å². The first kappa shape index (κ1) is 15.6. The van der Waals surface area contributed by atoms with Gasteiger partial charge in [-0.3, -0.25) is 9.79 Å². The van der Waals surface area contributed by atoms with Crippen LogP contribution < -0.4 is 0 Å². The molecule has 2 aromatic rings. The molecule has 0 spiro atoms. The van der Waals surface area contributed by atoms with Gasteiger partial charge < -0.3 is 4.74 Å². The SMILES string of the molecule is CCOC(=O)C1N=Cc2nc(-c3ccc(C)c(C)c3)sc2C1=O. The fraction of sp³-hybridized carbons (Fsp3) is 0.294. The highest BCUT2D eigenvalue weighted by atomic mass is 32.1. The third kappa shape index (κ3) is 2.82. The summed E-state index contributed by atoms with van der Waals surface area (Å²) in [5, 5.41) is 0.752. The van der Waals surface area contributed by atoms with Gasteiger partial charge in [-0.2, -0.15) is 0 Å². The first-order valence-electron chi connectivity index (χ1n) is 7.33. The monoisotopic (exact) mass is 328 g/mol. The van der Waals surface area contributed by atoms with E-state index < -0.39 is 12.0 Å². The number of carbonyl (C=O) groups excluding carboxylic acids is 2. The number of hydrogen-bond acceptors (Lipinski definition) is 6. The number of carbonyl (C=O) groups is 2. The van der Waals surface area contributed by atoms with Crippen molar-refractivity contribution in [1.29, 1.82) is 0 Å². The molecule has 2 heterocycles. The molecule has 6 heteroatoms. The topological polar surface area (TPSA) is 68.6 Å². The molecule has 3 rings (SSSR count). The Morgan fingerprint density at radius 1 is 1.30 bits per heavy atom. The predicted octanol–water partition coefficient (Wildman–Crippen LogP) is 2.97. The molecule has 1 unspecified atom stereocenters. The van der Waals surface area contributed by atoms with Crippen molar-refractivity contribution in [3.63, 3.8) is 0 Å². The Kier molecular flexibility index (Phi) is 4.09. The molecule has 1 aromatic carbocycles. The standard InChI is InChI=1S/C17H16N2O3S/c1-4-22-17(21)13-14(20)15-12(8-18-13)19-16(23-15)11-6-5-9(2)10(3)7-11/h5-8,13H,4H2,1-3H3. The van der Waals surface area contributed by atoms with Crippen LogP contribution in [0.2, 0.25) is 0 Å². The number of aromatic nitrogens is 1. The van der Waals surface area contributed by atoms with Crippen molar-refractivity contribution in [1.82, 2.24) is 4.98 Å². The van der Waals surface area contributed by atoms with E-state index in [0.717, 1.165) is 10.6 Å². The van der Waals surface area contributed by atoms with Gasteiger partial charge in [0.2, 0.25) is 11.8 Å². The molecule has 0 amide bonds. The lowest BCUT2D eigenvalue weighted by molar-refractivity contribution is -0.143. The van der Waals surface area contributed by atoms with Crippen LogP contribution in [0.4, 0.5) is 0 Å². The highest BCUT2D eigenvalue weighted by molar-refractivity contribution is 7.17. The molecule has 1 aliphatic rings. The average molecular weight is 328 g/mol. The lowest BCUT2D eigenvalue weighted by Crippen LogP contribution is -2.32. The molecule has 118 valence electrons. The normalized spacial score (nSPS) is 16.3. The van der Waals surface area contributed by atoms with Gasteiger partial charge in [0.05, 0.1) is 12.8 Å². The second-order valence-electron chi connectivity index (χ2n) is 5.33. The smallest absolute Gasteiger partial charge is 0.339 e. The molecular weight excluding hydrogens is 312 g/mol. The number of nitrogens with zero attached hydrogens (tertiary/aromatic N) is 2. The van der Waals surface area contributed by atoms with Crippen LogP contribution in [-0.2, 0) is 9.53 Å². The summed E-state index contributed by atoms with van der Waals surface area (Å²) in [4.78, 5) is 33.2. The van der Waals surface area contributed by atoms with Crippen LogP contribution in [0, 0.1) is 13.8 Å². The summed E-state index contributed by atoms with van der Waals surface area (Å²) in [7, 11) is 0. The zero-order chi connectivity index (χ0) is 16.6. The van der Waals surface area contributed by atoms with E-state index in [1.54, 1.807) is 6.92 Å². The molecule has 5 nitrogen and oxygen atoms in total. The number of aryl methyl sites for hydroxylation is 2.